The number of hydrogen-bond donors (Lipinski definition) is 0. The first-order valence-corrected chi connectivity index (χ1v) is 9.14. The Morgan fingerprint density at radius 3 is 3.13 bits per heavy atom. The minimum atomic E-state index is -0.774. The predicted molar refractivity (Wildman–Crippen MR) is 86.8 cm³/mol. The molecule has 2 aromatic rings. The van der Waals surface area contributed by atoms with E-state index in [0.29, 0.717) is 11.5 Å². The Morgan fingerprint density at radius 1 is 1.39 bits per heavy atom. The number of nitrogens with zero attached hydrogens (tertiary/aromatic N) is 3. The van der Waals surface area contributed by atoms with E-state index in [4.69, 9.17) is 9.47 Å². The third kappa shape index (κ3) is 2.86. The molecule has 1 aromatic heterocycles. The Bertz CT molecular complexity index is 746. The highest BCUT2D eigenvalue weighted by molar-refractivity contribution is 7.85. The summed E-state index contributed by atoms with van der Waals surface area (Å²) in [4.78, 5) is 2.36. The molecule has 7 heteroatoms. The van der Waals surface area contributed by atoms with E-state index in [9.17, 15) is 4.21 Å². The highest BCUT2D eigenvalue weighted by Gasteiger charge is 2.30. The van der Waals surface area contributed by atoms with Crippen LogP contribution in [0.4, 0.5) is 0 Å². The lowest BCUT2D eigenvalue weighted by Gasteiger charge is -2.34. The molecule has 2 atom stereocenters. The van der Waals surface area contributed by atoms with Crippen LogP contribution in [0.15, 0.2) is 30.6 Å². The van der Waals surface area contributed by atoms with Gasteiger partial charge in [0.25, 0.3) is 0 Å². The van der Waals surface area contributed by atoms with Crippen molar-refractivity contribution < 1.29 is 13.7 Å². The number of hydrogen-bond acceptors (Lipinski definition) is 5. The summed E-state index contributed by atoms with van der Waals surface area (Å²) in [6.45, 7) is 1.84. The van der Waals surface area contributed by atoms with Crippen molar-refractivity contribution in [1.82, 2.24) is 14.7 Å². The van der Waals surface area contributed by atoms with Crippen LogP contribution in [0.25, 0.3) is 0 Å². The van der Waals surface area contributed by atoms with Gasteiger partial charge in [-0.2, -0.15) is 5.10 Å². The molecule has 0 saturated carbocycles. The molecule has 2 unspecified atom stereocenters. The quantitative estimate of drug-likeness (QED) is 0.851. The highest BCUT2D eigenvalue weighted by atomic mass is 32.2. The number of aryl methyl sites for hydroxylation is 1. The monoisotopic (exact) mass is 333 g/mol. The van der Waals surface area contributed by atoms with Gasteiger partial charge in [0.2, 0.25) is 6.79 Å². The fourth-order valence-electron chi connectivity index (χ4n) is 3.18. The standard InChI is InChI=1S/C16H19N3O3S/c1-18-8-13(7-17-18)14-10-23(20)6-5-19(14)9-12-3-2-4-15-16(12)22-11-21-15/h2-4,7-8,14H,5-6,9-11H2,1H3. The molecule has 0 spiro atoms. The average molecular weight is 333 g/mol. The van der Waals surface area contributed by atoms with E-state index >= 15 is 0 Å². The van der Waals surface area contributed by atoms with E-state index in [1.54, 1.807) is 4.68 Å². The fourth-order valence-corrected chi connectivity index (χ4v) is 4.54. The molecule has 2 aliphatic rings. The normalized spacial score (nSPS) is 24.0. The largest absolute Gasteiger partial charge is 0.454 e. The minimum Gasteiger partial charge on any atom is -0.454 e. The van der Waals surface area contributed by atoms with Crippen LogP contribution in [0.2, 0.25) is 0 Å². The number of fused-ring (bicyclic) bond motifs is 1. The molecule has 0 amide bonds. The van der Waals surface area contributed by atoms with E-state index in [0.717, 1.165) is 35.7 Å². The third-order valence-corrected chi connectivity index (χ3v) is 5.68. The van der Waals surface area contributed by atoms with Crippen molar-refractivity contribution in [3.63, 3.8) is 0 Å². The SMILES string of the molecule is Cn1cc(C2CS(=O)CCN2Cc2cccc3c2OCO3)cn1. The summed E-state index contributed by atoms with van der Waals surface area (Å²) >= 11 is 0. The summed E-state index contributed by atoms with van der Waals surface area (Å²) in [6, 6.07) is 6.11. The number of rotatable bonds is 3. The lowest BCUT2D eigenvalue weighted by Crippen LogP contribution is -2.40. The highest BCUT2D eigenvalue weighted by Crippen LogP contribution is 2.37. The van der Waals surface area contributed by atoms with Crippen molar-refractivity contribution in [3.05, 3.63) is 41.7 Å². The van der Waals surface area contributed by atoms with Crippen molar-refractivity contribution in [2.75, 3.05) is 24.8 Å². The summed E-state index contributed by atoms with van der Waals surface area (Å²) in [5.74, 6) is 3.01. The summed E-state index contributed by atoms with van der Waals surface area (Å²) in [6.07, 6.45) is 3.88. The zero-order valence-corrected chi connectivity index (χ0v) is 13.8. The molecule has 122 valence electrons. The molecule has 0 radical (unpaired) electrons. The zero-order chi connectivity index (χ0) is 15.8. The van der Waals surface area contributed by atoms with Gasteiger partial charge in [-0.05, 0) is 6.07 Å². The van der Waals surface area contributed by atoms with Crippen LogP contribution in [-0.2, 0) is 24.4 Å². The van der Waals surface area contributed by atoms with Gasteiger partial charge in [0, 0.05) is 65.8 Å². The molecule has 2 aliphatic heterocycles. The molecule has 1 saturated heterocycles. The molecule has 0 aliphatic carbocycles. The van der Waals surface area contributed by atoms with Crippen molar-refractivity contribution in [3.8, 4) is 11.5 Å². The maximum Gasteiger partial charge on any atom is 0.231 e. The number of benzene rings is 1. The molecule has 1 aromatic carbocycles. The van der Waals surface area contributed by atoms with E-state index in [1.807, 2.05) is 31.6 Å². The topological polar surface area (TPSA) is 56.6 Å². The lowest BCUT2D eigenvalue weighted by atomic mass is 10.1. The van der Waals surface area contributed by atoms with Crippen molar-refractivity contribution in [1.29, 1.82) is 0 Å². The van der Waals surface area contributed by atoms with E-state index < -0.39 is 10.8 Å². The number of aromatic nitrogens is 2. The lowest BCUT2D eigenvalue weighted by molar-refractivity contribution is 0.169. The molecule has 4 rings (SSSR count). The fraction of sp³-hybridized carbons (Fsp3) is 0.438. The minimum absolute atomic E-state index is 0.122. The molecule has 6 nitrogen and oxygen atoms in total. The first kappa shape index (κ1) is 14.7. The van der Waals surface area contributed by atoms with Gasteiger partial charge in [-0.1, -0.05) is 12.1 Å². The molecule has 0 N–H and O–H groups in total. The number of para-hydroxylation sites is 1. The second-order valence-corrected chi connectivity index (χ2v) is 7.52. The first-order chi connectivity index (χ1) is 11.2. The van der Waals surface area contributed by atoms with Crippen LogP contribution in [0.1, 0.15) is 17.2 Å². The second kappa shape index (κ2) is 5.98. The van der Waals surface area contributed by atoms with Crippen LogP contribution >= 0.6 is 0 Å². The van der Waals surface area contributed by atoms with Gasteiger partial charge in [-0.15, -0.1) is 0 Å². The van der Waals surface area contributed by atoms with Crippen LogP contribution in [0, 0.1) is 0 Å². The van der Waals surface area contributed by atoms with Gasteiger partial charge in [-0.25, -0.2) is 0 Å². The summed E-state index contributed by atoms with van der Waals surface area (Å²) < 4.78 is 24.9. The maximum absolute atomic E-state index is 12.1. The zero-order valence-electron chi connectivity index (χ0n) is 13.0. The molecule has 1 fully saturated rings. The van der Waals surface area contributed by atoms with Gasteiger partial charge < -0.3 is 9.47 Å². The molecule has 23 heavy (non-hydrogen) atoms. The molecular formula is C16H19N3O3S. The smallest absolute Gasteiger partial charge is 0.231 e. The second-order valence-electron chi connectivity index (χ2n) is 5.90. The van der Waals surface area contributed by atoms with Crippen LogP contribution in [0.5, 0.6) is 11.5 Å². The molecule has 0 bridgehead atoms. The Labute approximate surface area is 137 Å². The van der Waals surface area contributed by atoms with Gasteiger partial charge in [-0.3, -0.25) is 13.8 Å². The van der Waals surface area contributed by atoms with Crippen molar-refractivity contribution in [2.45, 2.75) is 12.6 Å². The van der Waals surface area contributed by atoms with Crippen LogP contribution < -0.4 is 9.47 Å². The summed E-state index contributed by atoms with van der Waals surface area (Å²) in [5.41, 5.74) is 2.23. The van der Waals surface area contributed by atoms with Gasteiger partial charge in [0.15, 0.2) is 11.5 Å². The van der Waals surface area contributed by atoms with E-state index in [-0.39, 0.29) is 12.8 Å². The Balaban J connectivity index is 1.61. The van der Waals surface area contributed by atoms with Gasteiger partial charge in [0.05, 0.1) is 6.20 Å². The summed E-state index contributed by atoms with van der Waals surface area (Å²) in [7, 11) is 1.13. The van der Waals surface area contributed by atoms with Crippen molar-refractivity contribution >= 4 is 10.8 Å². The van der Waals surface area contributed by atoms with Crippen molar-refractivity contribution in [2.24, 2.45) is 7.05 Å². The predicted octanol–water partition coefficient (Wildman–Crippen LogP) is 1.45. The number of ether oxygens (including phenoxy) is 2. The van der Waals surface area contributed by atoms with E-state index in [1.165, 1.54) is 0 Å². The Morgan fingerprint density at radius 2 is 2.30 bits per heavy atom. The van der Waals surface area contributed by atoms with Crippen LogP contribution in [0.3, 0.4) is 0 Å². The van der Waals surface area contributed by atoms with E-state index in [2.05, 4.69) is 16.1 Å². The van der Waals surface area contributed by atoms with Gasteiger partial charge >= 0.3 is 0 Å². The van der Waals surface area contributed by atoms with Gasteiger partial charge in [0.1, 0.15) is 0 Å². The molecule has 3 heterocycles. The first-order valence-electron chi connectivity index (χ1n) is 7.66. The summed E-state index contributed by atoms with van der Waals surface area (Å²) in [5, 5.41) is 4.26. The average Bonchev–Trinajstić information content (AvgIpc) is 3.18. The third-order valence-electron chi connectivity index (χ3n) is 4.35. The Hall–Kier alpha value is -1.86. The maximum atomic E-state index is 12.1. The van der Waals surface area contributed by atoms with Crippen LogP contribution in [-0.4, -0.2) is 43.7 Å². The Kier molecular flexibility index (Phi) is 3.82. The molecular weight excluding hydrogens is 314 g/mol.